The molecular weight excluding hydrogens is 333 g/mol. The van der Waals surface area contributed by atoms with Gasteiger partial charge >= 0.3 is 6.18 Å². The molecule has 1 aromatic carbocycles. The second kappa shape index (κ2) is 7.20. The quantitative estimate of drug-likeness (QED) is 0.638. The second-order valence-electron chi connectivity index (χ2n) is 5.25. The van der Waals surface area contributed by atoms with Gasteiger partial charge in [0, 0.05) is 11.3 Å². The maximum absolute atomic E-state index is 12.6. The number of alkyl halides is 3. The molecule has 1 N–H and O–H groups in total. The van der Waals surface area contributed by atoms with Crippen LogP contribution < -0.4 is 5.32 Å². The Morgan fingerprint density at radius 1 is 1.35 bits per heavy atom. The van der Waals surface area contributed by atoms with Crippen molar-refractivity contribution >= 4 is 29.0 Å². The summed E-state index contributed by atoms with van der Waals surface area (Å²) in [5.74, 6) is -0.326. The van der Waals surface area contributed by atoms with Crippen LogP contribution >= 0.6 is 11.8 Å². The van der Waals surface area contributed by atoms with Crippen molar-refractivity contribution in [2.24, 2.45) is 0 Å². The predicted molar refractivity (Wildman–Crippen MR) is 81.4 cm³/mol. The monoisotopic (exact) mass is 348 g/mol. The zero-order chi connectivity index (χ0) is 17.0. The Morgan fingerprint density at radius 2 is 2.00 bits per heavy atom. The molecule has 0 bridgehead atoms. The van der Waals surface area contributed by atoms with Gasteiger partial charge in [-0.3, -0.25) is 14.9 Å². The Balaban J connectivity index is 2.06. The number of carbonyl (C=O) groups is 1. The molecule has 126 valence electrons. The minimum Gasteiger partial charge on any atom is -0.320 e. The number of nitrogens with one attached hydrogen (secondary N) is 1. The molecule has 1 amide bonds. The van der Waals surface area contributed by atoms with Crippen LogP contribution in [-0.2, 0) is 11.0 Å². The van der Waals surface area contributed by atoms with E-state index in [9.17, 15) is 28.1 Å². The number of carbonyl (C=O) groups excluding carboxylic acids is 1. The summed E-state index contributed by atoms with van der Waals surface area (Å²) in [6.07, 6.45) is -0.338. The summed E-state index contributed by atoms with van der Waals surface area (Å²) in [5, 5.41) is 13.7. The van der Waals surface area contributed by atoms with Gasteiger partial charge in [-0.25, -0.2) is 0 Å². The molecule has 1 saturated carbocycles. The van der Waals surface area contributed by atoms with Gasteiger partial charge in [0.1, 0.15) is 5.69 Å². The van der Waals surface area contributed by atoms with Gasteiger partial charge < -0.3 is 5.32 Å². The van der Waals surface area contributed by atoms with Gasteiger partial charge in [0.05, 0.1) is 16.2 Å². The molecule has 5 nitrogen and oxygen atoms in total. The van der Waals surface area contributed by atoms with Crippen molar-refractivity contribution in [2.75, 3.05) is 11.1 Å². The molecule has 0 unspecified atom stereocenters. The van der Waals surface area contributed by atoms with Gasteiger partial charge in [-0.2, -0.15) is 13.2 Å². The van der Waals surface area contributed by atoms with Crippen molar-refractivity contribution in [1.29, 1.82) is 0 Å². The molecular formula is C14H15F3N2O3S. The first-order chi connectivity index (χ1) is 10.8. The van der Waals surface area contributed by atoms with Gasteiger partial charge in [0.15, 0.2) is 0 Å². The third-order valence-electron chi connectivity index (χ3n) is 3.55. The summed E-state index contributed by atoms with van der Waals surface area (Å²) < 4.78 is 37.8. The normalized spacial score (nSPS) is 15.6. The fraction of sp³-hybridized carbons (Fsp3) is 0.500. The van der Waals surface area contributed by atoms with E-state index in [2.05, 4.69) is 5.32 Å². The first-order valence-electron chi connectivity index (χ1n) is 7.04. The van der Waals surface area contributed by atoms with Crippen LogP contribution in [0.1, 0.15) is 31.2 Å². The highest BCUT2D eigenvalue weighted by Crippen LogP contribution is 2.35. The van der Waals surface area contributed by atoms with Crippen LogP contribution in [0.4, 0.5) is 24.5 Å². The van der Waals surface area contributed by atoms with Crippen molar-refractivity contribution in [3.63, 3.8) is 0 Å². The van der Waals surface area contributed by atoms with Gasteiger partial charge in [0.2, 0.25) is 5.91 Å². The van der Waals surface area contributed by atoms with Crippen LogP contribution in [0.15, 0.2) is 18.2 Å². The number of thioether (sulfide) groups is 1. The lowest BCUT2D eigenvalue weighted by Crippen LogP contribution is -2.17. The average molecular weight is 348 g/mol. The number of amides is 1. The molecule has 0 radical (unpaired) electrons. The van der Waals surface area contributed by atoms with E-state index in [0.29, 0.717) is 17.4 Å². The molecule has 1 fully saturated rings. The minimum atomic E-state index is -4.67. The van der Waals surface area contributed by atoms with Crippen molar-refractivity contribution < 1.29 is 22.9 Å². The predicted octanol–water partition coefficient (Wildman–Crippen LogP) is 4.23. The molecule has 1 aliphatic rings. The second-order valence-corrected chi connectivity index (χ2v) is 6.54. The summed E-state index contributed by atoms with van der Waals surface area (Å²) in [6.45, 7) is 0. The highest BCUT2D eigenvalue weighted by atomic mass is 32.2. The standard InChI is InChI=1S/C14H15F3N2O3S/c15-14(16,17)9-5-6-11(12(7-9)19(21)22)18-13(20)8-23-10-3-1-2-4-10/h5-7,10H,1-4,8H2,(H,18,20). The van der Waals surface area contributed by atoms with Crippen LogP contribution in [0.5, 0.6) is 0 Å². The third-order valence-corrected chi connectivity index (χ3v) is 4.92. The zero-order valence-electron chi connectivity index (χ0n) is 12.1. The number of hydrogen-bond acceptors (Lipinski definition) is 4. The lowest BCUT2D eigenvalue weighted by molar-refractivity contribution is -0.384. The number of nitrogens with zero attached hydrogens (tertiary/aromatic N) is 1. The van der Waals surface area contributed by atoms with Crippen molar-refractivity contribution in [2.45, 2.75) is 37.1 Å². The van der Waals surface area contributed by atoms with Gasteiger partial charge in [-0.15, -0.1) is 11.8 Å². The van der Waals surface area contributed by atoms with Gasteiger partial charge in [-0.1, -0.05) is 12.8 Å². The van der Waals surface area contributed by atoms with Crippen LogP contribution in [0, 0.1) is 10.1 Å². The maximum Gasteiger partial charge on any atom is 0.416 e. The van der Waals surface area contributed by atoms with E-state index < -0.39 is 28.3 Å². The summed E-state index contributed by atoms with van der Waals surface area (Å²) >= 11 is 1.47. The highest BCUT2D eigenvalue weighted by Gasteiger charge is 2.33. The Hall–Kier alpha value is -1.77. The highest BCUT2D eigenvalue weighted by molar-refractivity contribution is 8.00. The zero-order valence-corrected chi connectivity index (χ0v) is 12.9. The number of rotatable bonds is 5. The van der Waals surface area contributed by atoms with Crippen LogP contribution in [0.2, 0.25) is 0 Å². The van der Waals surface area contributed by atoms with E-state index >= 15 is 0 Å². The molecule has 0 atom stereocenters. The molecule has 23 heavy (non-hydrogen) atoms. The third kappa shape index (κ3) is 4.85. The number of nitro groups is 1. The topological polar surface area (TPSA) is 72.2 Å². The smallest absolute Gasteiger partial charge is 0.320 e. The van der Waals surface area contributed by atoms with E-state index in [1.54, 1.807) is 0 Å². The Morgan fingerprint density at radius 3 is 2.57 bits per heavy atom. The van der Waals surface area contributed by atoms with E-state index in [4.69, 9.17) is 0 Å². The van der Waals surface area contributed by atoms with Gasteiger partial charge in [-0.05, 0) is 25.0 Å². The molecule has 0 aromatic heterocycles. The number of benzene rings is 1. The fourth-order valence-corrected chi connectivity index (χ4v) is 3.53. The lowest BCUT2D eigenvalue weighted by atomic mass is 10.1. The van der Waals surface area contributed by atoms with Crippen LogP contribution in [0.3, 0.4) is 0 Å². The Bertz CT molecular complexity index is 601. The fourth-order valence-electron chi connectivity index (χ4n) is 2.40. The van der Waals surface area contributed by atoms with Gasteiger partial charge in [0.25, 0.3) is 5.69 Å². The summed E-state index contributed by atoms with van der Waals surface area (Å²) in [6, 6.07) is 2.06. The lowest BCUT2D eigenvalue weighted by Gasteiger charge is -2.11. The van der Waals surface area contributed by atoms with E-state index in [-0.39, 0.29) is 11.4 Å². The minimum absolute atomic E-state index is 0.128. The first-order valence-corrected chi connectivity index (χ1v) is 8.09. The Kier molecular flexibility index (Phi) is 5.51. The maximum atomic E-state index is 12.6. The number of nitro benzene ring substituents is 1. The van der Waals surface area contributed by atoms with Crippen LogP contribution in [-0.4, -0.2) is 21.8 Å². The van der Waals surface area contributed by atoms with Crippen molar-refractivity contribution in [3.05, 3.63) is 33.9 Å². The summed E-state index contributed by atoms with van der Waals surface area (Å²) in [4.78, 5) is 21.8. The molecule has 9 heteroatoms. The number of halogens is 3. The molecule has 2 rings (SSSR count). The number of anilines is 1. The van der Waals surface area contributed by atoms with E-state index in [1.807, 2.05) is 0 Å². The first kappa shape index (κ1) is 17.6. The molecule has 0 saturated heterocycles. The van der Waals surface area contributed by atoms with E-state index in [1.165, 1.54) is 11.8 Å². The SMILES string of the molecule is O=C(CSC1CCCC1)Nc1ccc(C(F)(F)F)cc1[N+](=O)[O-]. The van der Waals surface area contributed by atoms with Crippen LogP contribution in [0.25, 0.3) is 0 Å². The molecule has 0 aliphatic heterocycles. The van der Waals surface area contributed by atoms with E-state index in [0.717, 1.165) is 31.7 Å². The summed E-state index contributed by atoms with van der Waals surface area (Å²) in [7, 11) is 0. The van der Waals surface area contributed by atoms with Crippen molar-refractivity contribution in [3.8, 4) is 0 Å². The average Bonchev–Trinajstić information content (AvgIpc) is 2.97. The molecule has 0 spiro atoms. The Labute approximate surface area is 134 Å². The number of hydrogen-bond donors (Lipinski definition) is 1. The molecule has 1 aromatic rings. The largest absolute Gasteiger partial charge is 0.416 e. The molecule has 1 aliphatic carbocycles. The summed E-state index contributed by atoms with van der Waals surface area (Å²) in [5.41, 5.74) is -2.11. The van der Waals surface area contributed by atoms with Crippen molar-refractivity contribution in [1.82, 2.24) is 0 Å². The molecule has 0 heterocycles.